The van der Waals surface area contributed by atoms with E-state index in [4.69, 9.17) is 0 Å². The number of nitrogens with one attached hydrogen (secondary N) is 2. The fraction of sp³-hybridized carbons (Fsp3) is 0.435. The average molecular weight is 351 g/mol. The summed E-state index contributed by atoms with van der Waals surface area (Å²) in [6, 6.07) is 21.2. The molecule has 0 saturated carbocycles. The van der Waals surface area contributed by atoms with Gasteiger partial charge in [-0.1, -0.05) is 67.1 Å². The Bertz CT molecular complexity index is 650. The standard InChI is InChI=1S/C23H30N2O/c26-23(21-15-17-24-18-16-21)25-22(20-12-5-2-6-13-20)14-8-7-11-19-9-3-1-4-10-19/h1-6,9-10,12-13,21-22,24H,7-8,11,14-18H2,(H,25,26). The van der Waals surface area contributed by atoms with Gasteiger partial charge >= 0.3 is 0 Å². The molecule has 1 aliphatic rings. The molecule has 3 rings (SSSR count). The molecule has 2 aromatic carbocycles. The van der Waals surface area contributed by atoms with Crippen LogP contribution in [-0.4, -0.2) is 19.0 Å². The third-order valence-electron chi connectivity index (χ3n) is 5.28. The molecule has 0 spiro atoms. The van der Waals surface area contributed by atoms with Gasteiger partial charge in [0.1, 0.15) is 0 Å². The van der Waals surface area contributed by atoms with Gasteiger partial charge in [0.15, 0.2) is 0 Å². The van der Waals surface area contributed by atoms with Crippen LogP contribution in [0.15, 0.2) is 60.7 Å². The third-order valence-corrected chi connectivity index (χ3v) is 5.28. The lowest BCUT2D eigenvalue weighted by molar-refractivity contribution is -0.126. The zero-order valence-corrected chi connectivity index (χ0v) is 15.5. The maximum atomic E-state index is 12.7. The molecule has 0 aliphatic carbocycles. The van der Waals surface area contributed by atoms with E-state index in [1.807, 2.05) is 6.07 Å². The number of hydrogen-bond acceptors (Lipinski definition) is 2. The molecular weight excluding hydrogens is 320 g/mol. The zero-order chi connectivity index (χ0) is 18.0. The van der Waals surface area contributed by atoms with Crippen LogP contribution in [0.2, 0.25) is 0 Å². The molecule has 1 aliphatic heterocycles. The number of carbonyl (C=O) groups excluding carboxylic acids is 1. The van der Waals surface area contributed by atoms with Crippen LogP contribution in [0.5, 0.6) is 0 Å². The summed E-state index contributed by atoms with van der Waals surface area (Å²) >= 11 is 0. The summed E-state index contributed by atoms with van der Waals surface area (Å²) in [6.45, 7) is 1.90. The Hall–Kier alpha value is -2.13. The first-order valence-corrected chi connectivity index (χ1v) is 9.93. The van der Waals surface area contributed by atoms with E-state index in [0.717, 1.165) is 51.6 Å². The van der Waals surface area contributed by atoms with Crippen LogP contribution in [0.25, 0.3) is 0 Å². The summed E-state index contributed by atoms with van der Waals surface area (Å²) in [6.07, 6.45) is 6.25. The van der Waals surface area contributed by atoms with Gasteiger partial charge in [0.05, 0.1) is 6.04 Å². The van der Waals surface area contributed by atoms with Crippen molar-refractivity contribution < 1.29 is 4.79 Å². The summed E-state index contributed by atoms with van der Waals surface area (Å²) in [7, 11) is 0. The maximum Gasteiger partial charge on any atom is 0.223 e. The smallest absolute Gasteiger partial charge is 0.223 e. The maximum absolute atomic E-state index is 12.7. The molecule has 0 aromatic heterocycles. The van der Waals surface area contributed by atoms with Gasteiger partial charge in [0, 0.05) is 5.92 Å². The predicted molar refractivity (Wildman–Crippen MR) is 107 cm³/mol. The average Bonchev–Trinajstić information content (AvgIpc) is 2.72. The molecule has 1 amide bonds. The molecule has 1 fully saturated rings. The van der Waals surface area contributed by atoms with Crippen LogP contribution >= 0.6 is 0 Å². The molecule has 0 bridgehead atoms. The van der Waals surface area contributed by atoms with E-state index < -0.39 is 0 Å². The molecule has 1 saturated heterocycles. The molecule has 2 aromatic rings. The second kappa shape index (κ2) is 10.1. The van der Waals surface area contributed by atoms with Gasteiger partial charge in [-0.3, -0.25) is 4.79 Å². The molecule has 0 radical (unpaired) electrons. The van der Waals surface area contributed by atoms with Gasteiger partial charge in [-0.2, -0.15) is 0 Å². The molecule has 1 atom stereocenters. The van der Waals surface area contributed by atoms with Crippen molar-refractivity contribution in [3.8, 4) is 0 Å². The van der Waals surface area contributed by atoms with Crippen LogP contribution in [0.1, 0.15) is 49.3 Å². The number of amides is 1. The highest BCUT2D eigenvalue weighted by Gasteiger charge is 2.23. The van der Waals surface area contributed by atoms with E-state index in [1.165, 1.54) is 11.1 Å². The van der Waals surface area contributed by atoms with E-state index in [9.17, 15) is 4.79 Å². The lowest BCUT2D eigenvalue weighted by Crippen LogP contribution is -2.39. The molecular formula is C23H30N2O. The quantitative estimate of drug-likeness (QED) is 0.699. The fourth-order valence-electron chi connectivity index (χ4n) is 3.70. The van der Waals surface area contributed by atoms with Gasteiger partial charge in [-0.05, 0) is 56.3 Å². The van der Waals surface area contributed by atoms with Gasteiger partial charge < -0.3 is 10.6 Å². The molecule has 26 heavy (non-hydrogen) atoms. The molecule has 2 N–H and O–H groups in total. The van der Waals surface area contributed by atoms with Crippen molar-refractivity contribution in [1.29, 1.82) is 0 Å². The summed E-state index contributed by atoms with van der Waals surface area (Å²) in [5, 5.41) is 6.67. The van der Waals surface area contributed by atoms with Crippen molar-refractivity contribution in [1.82, 2.24) is 10.6 Å². The van der Waals surface area contributed by atoms with Crippen LogP contribution < -0.4 is 10.6 Å². The van der Waals surface area contributed by atoms with Crippen LogP contribution in [0, 0.1) is 5.92 Å². The number of carbonyl (C=O) groups is 1. The Kier molecular flexibility index (Phi) is 7.26. The Morgan fingerprint density at radius 3 is 2.31 bits per heavy atom. The van der Waals surface area contributed by atoms with Crippen LogP contribution in [0.4, 0.5) is 0 Å². The number of hydrogen-bond donors (Lipinski definition) is 2. The van der Waals surface area contributed by atoms with Crippen molar-refractivity contribution in [3.05, 3.63) is 71.8 Å². The van der Waals surface area contributed by atoms with E-state index in [2.05, 4.69) is 65.2 Å². The third kappa shape index (κ3) is 5.70. The highest BCUT2D eigenvalue weighted by molar-refractivity contribution is 5.79. The number of piperidine rings is 1. The summed E-state index contributed by atoms with van der Waals surface area (Å²) in [5.41, 5.74) is 2.61. The molecule has 3 nitrogen and oxygen atoms in total. The van der Waals surface area contributed by atoms with Gasteiger partial charge in [0.2, 0.25) is 5.91 Å². The Labute approximate surface area is 157 Å². The normalized spacial score (nSPS) is 16.2. The Morgan fingerprint density at radius 2 is 1.62 bits per heavy atom. The summed E-state index contributed by atoms with van der Waals surface area (Å²) in [4.78, 5) is 12.7. The number of rotatable bonds is 8. The highest BCUT2D eigenvalue weighted by Crippen LogP contribution is 2.22. The van der Waals surface area contributed by atoms with Crippen molar-refractivity contribution >= 4 is 5.91 Å². The molecule has 1 unspecified atom stereocenters. The van der Waals surface area contributed by atoms with E-state index >= 15 is 0 Å². The monoisotopic (exact) mass is 350 g/mol. The van der Waals surface area contributed by atoms with Crippen LogP contribution in [0.3, 0.4) is 0 Å². The lowest BCUT2D eigenvalue weighted by atomic mass is 9.94. The minimum atomic E-state index is 0.120. The Balaban J connectivity index is 1.54. The second-order valence-electron chi connectivity index (χ2n) is 7.23. The number of benzene rings is 2. The van der Waals surface area contributed by atoms with E-state index in [-0.39, 0.29) is 17.9 Å². The molecule has 3 heteroatoms. The minimum absolute atomic E-state index is 0.120. The van der Waals surface area contributed by atoms with Crippen molar-refractivity contribution in [2.75, 3.05) is 13.1 Å². The largest absolute Gasteiger partial charge is 0.349 e. The summed E-state index contributed by atoms with van der Waals surface area (Å²) in [5.74, 6) is 0.384. The lowest BCUT2D eigenvalue weighted by Gasteiger charge is -2.26. The Morgan fingerprint density at radius 1 is 0.962 bits per heavy atom. The molecule has 1 heterocycles. The topological polar surface area (TPSA) is 41.1 Å². The molecule has 138 valence electrons. The van der Waals surface area contributed by atoms with Crippen molar-refractivity contribution in [2.45, 2.75) is 44.6 Å². The van der Waals surface area contributed by atoms with E-state index in [1.54, 1.807) is 0 Å². The zero-order valence-electron chi connectivity index (χ0n) is 15.5. The minimum Gasteiger partial charge on any atom is -0.349 e. The van der Waals surface area contributed by atoms with Crippen molar-refractivity contribution in [3.63, 3.8) is 0 Å². The SMILES string of the molecule is O=C(NC(CCCCc1ccccc1)c1ccccc1)C1CCNCC1. The first-order valence-electron chi connectivity index (χ1n) is 9.93. The first kappa shape index (κ1) is 18.7. The second-order valence-corrected chi connectivity index (χ2v) is 7.23. The van der Waals surface area contributed by atoms with Gasteiger partial charge in [0.25, 0.3) is 0 Å². The highest BCUT2D eigenvalue weighted by atomic mass is 16.1. The number of aryl methyl sites for hydroxylation is 1. The van der Waals surface area contributed by atoms with Gasteiger partial charge in [-0.15, -0.1) is 0 Å². The number of unbranched alkanes of at least 4 members (excludes halogenated alkanes) is 1. The predicted octanol–water partition coefficient (Wildman–Crippen LogP) is 4.26. The van der Waals surface area contributed by atoms with Crippen molar-refractivity contribution in [2.24, 2.45) is 5.92 Å². The van der Waals surface area contributed by atoms with Gasteiger partial charge in [-0.25, -0.2) is 0 Å². The van der Waals surface area contributed by atoms with E-state index in [0.29, 0.717) is 0 Å². The first-order chi connectivity index (χ1) is 12.8. The fourth-order valence-corrected chi connectivity index (χ4v) is 3.70. The summed E-state index contributed by atoms with van der Waals surface area (Å²) < 4.78 is 0. The van der Waals surface area contributed by atoms with Crippen LogP contribution in [-0.2, 0) is 11.2 Å².